The summed E-state index contributed by atoms with van der Waals surface area (Å²) in [5, 5.41) is 11.2. The molecule has 5 nitrogen and oxygen atoms in total. The minimum Gasteiger partial charge on any atom is -0.364 e. The second-order valence-corrected chi connectivity index (χ2v) is 3.44. The second-order valence-electron chi connectivity index (χ2n) is 3.05. The number of anilines is 1. The van der Waals surface area contributed by atoms with E-state index in [-0.39, 0.29) is 0 Å². The van der Waals surface area contributed by atoms with Gasteiger partial charge in [0, 0.05) is 7.05 Å². The maximum absolute atomic E-state index is 5.76. The summed E-state index contributed by atoms with van der Waals surface area (Å²) in [7, 11) is 1.84. The molecule has 0 aliphatic carbocycles. The lowest BCUT2D eigenvalue weighted by Gasteiger charge is -2.04. The zero-order chi connectivity index (χ0) is 10.7. The van der Waals surface area contributed by atoms with E-state index in [2.05, 4.69) is 20.6 Å². The number of rotatable bonds is 3. The smallest absolute Gasteiger partial charge is 0.131 e. The molecule has 78 valence electrons. The molecule has 0 amide bonds. The third kappa shape index (κ3) is 2.44. The van der Waals surface area contributed by atoms with E-state index in [0.29, 0.717) is 11.7 Å². The molecule has 0 bridgehead atoms. The summed E-state index contributed by atoms with van der Waals surface area (Å²) in [6, 6.07) is 5.44. The van der Waals surface area contributed by atoms with E-state index in [4.69, 9.17) is 11.6 Å². The van der Waals surface area contributed by atoms with Crippen LogP contribution < -0.4 is 5.32 Å². The summed E-state index contributed by atoms with van der Waals surface area (Å²) in [6.07, 6.45) is 1.71. The van der Waals surface area contributed by atoms with Crippen molar-refractivity contribution in [3.05, 3.63) is 35.2 Å². The van der Waals surface area contributed by atoms with Gasteiger partial charge in [-0.3, -0.25) is 4.68 Å². The van der Waals surface area contributed by atoms with Crippen molar-refractivity contribution < 1.29 is 0 Å². The molecule has 0 aromatic carbocycles. The molecule has 0 saturated carbocycles. The fraction of sp³-hybridized carbons (Fsp3) is 0.222. The zero-order valence-corrected chi connectivity index (χ0v) is 8.94. The molecule has 0 radical (unpaired) electrons. The number of nitrogens with one attached hydrogen (secondary N) is 1. The summed E-state index contributed by atoms with van der Waals surface area (Å²) in [5.41, 5.74) is 0.983. The Balaban J connectivity index is 2.02. The molecule has 0 spiro atoms. The molecule has 2 aromatic heterocycles. The molecule has 0 saturated heterocycles. The van der Waals surface area contributed by atoms with Crippen LogP contribution >= 0.6 is 11.6 Å². The topological polar surface area (TPSA) is 55.6 Å². The summed E-state index contributed by atoms with van der Waals surface area (Å²) >= 11 is 5.76. The Kier molecular flexibility index (Phi) is 2.82. The van der Waals surface area contributed by atoms with Crippen LogP contribution in [0, 0.1) is 0 Å². The standard InChI is InChI=1S/C9H10ClN5/c1-15-7(6-12-14-15)5-11-9-4-2-3-8(10)13-9/h2-4,6H,5H2,1H3,(H,11,13). The van der Waals surface area contributed by atoms with Gasteiger partial charge in [-0.25, -0.2) is 4.98 Å². The van der Waals surface area contributed by atoms with Crippen LogP contribution in [0.2, 0.25) is 5.15 Å². The molecule has 1 N–H and O–H groups in total. The van der Waals surface area contributed by atoms with Gasteiger partial charge in [0.2, 0.25) is 0 Å². The number of halogens is 1. The van der Waals surface area contributed by atoms with Crippen molar-refractivity contribution in [1.29, 1.82) is 0 Å². The van der Waals surface area contributed by atoms with Crippen LogP contribution in [0.4, 0.5) is 5.82 Å². The Hall–Kier alpha value is -1.62. The highest BCUT2D eigenvalue weighted by atomic mass is 35.5. The number of hydrogen-bond acceptors (Lipinski definition) is 4. The minimum absolute atomic E-state index is 0.475. The number of aromatic nitrogens is 4. The Bertz CT molecular complexity index is 453. The molecule has 0 atom stereocenters. The monoisotopic (exact) mass is 223 g/mol. The summed E-state index contributed by atoms with van der Waals surface area (Å²) in [5.74, 6) is 0.740. The zero-order valence-electron chi connectivity index (χ0n) is 8.18. The lowest BCUT2D eigenvalue weighted by atomic mass is 10.4. The van der Waals surface area contributed by atoms with Gasteiger partial charge in [-0.05, 0) is 12.1 Å². The molecule has 0 unspecified atom stereocenters. The first-order chi connectivity index (χ1) is 7.25. The molecule has 2 rings (SSSR count). The van der Waals surface area contributed by atoms with Crippen molar-refractivity contribution in [1.82, 2.24) is 20.0 Å². The Morgan fingerprint density at radius 2 is 2.33 bits per heavy atom. The van der Waals surface area contributed by atoms with Gasteiger partial charge in [0.25, 0.3) is 0 Å². The van der Waals surface area contributed by atoms with Crippen LogP contribution in [0.1, 0.15) is 5.69 Å². The first kappa shape index (κ1) is 9.92. The molecule has 0 fully saturated rings. The van der Waals surface area contributed by atoms with E-state index in [0.717, 1.165) is 11.5 Å². The lowest BCUT2D eigenvalue weighted by molar-refractivity contribution is 0.683. The van der Waals surface area contributed by atoms with E-state index >= 15 is 0 Å². The van der Waals surface area contributed by atoms with Crippen LogP contribution in [0.3, 0.4) is 0 Å². The quantitative estimate of drug-likeness (QED) is 0.801. The molecule has 2 aromatic rings. The van der Waals surface area contributed by atoms with Crippen LogP contribution in [-0.2, 0) is 13.6 Å². The minimum atomic E-state index is 0.475. The largest absolute Gasteiger partial charge is 0.364 e. The number of pyridine rings is 1. The molecule has 15 heavy (non-hydrogen) atoms. The highest BCUT2D eigenvalue weighted by molar-refractivity contribution is 6.29. The molecular weight excluding hydrogens is 214 g/mol. The Labute approximate surface area is 92.1 Å². The Morgan fingerprint density at radius 1 is 1.47 bits per heavy atom. The van der Waals surface area contributed by atoms with Gasteiger partial charge >= 0.3 is 0 Å². The molecule has 6 heteroatoms. The third-order valence-electron chi connectivity index (χ3n) is 1.97. The van der Waals surface area contributed by atoms with E-state index in [1.165, 1.54) is 0 Å². The normalized spacial score (nSPS) is 10.3. The highest BCUT2D eigenvalue weighted by Crippen LogP contribution is 2.09. The van der Waals surface area contributed by atoms with Crippen molar-refractivity contribution in [2.45, 2.75) is 6.54 Å². The van der Waals surface area contributed by atoms with Crippen molar-refractivity contribution in [3.63, 3.8) is 0 Å². The highest BCUT2D eigenvalue weighted by Gasteiger charge is 2.00. The maximum atomic E-state index is 5.76. The Morgan fingerprint density at radius 3 is 3.00 bits per heavy atom. The average Bonchev–Trinajstić information content (AvgIpc) is 2.61. The van der Waals surface area contributed by atoms with Gasteiger partial charge < -0.3 is 5.32 Å². The van der Waals surface area contributed by atoms with Gasteiger partial charge in [-0.15, -0.1) is 5.10 Å². The van der Waals surface area contributed by atoms with Gasteiger partial charge in [0.1, 0.15) is 11.0 Å². The van der Waals surface area contributed by atoms with Crippen LogP contribution in [0.15, 0.2) is 24.4 Å². The molecule has 0 aliphatic rings. The first-order valence-corrected chi connectivity index (χ1v) is 4.83. The fourth-order valence-corrected chi connectivity index (χ4v) is 1.32. The SMILES string of the molecule is Cn1nncc1CNc1cccc(Cl)n1. The third-order valence-corrected chi connectivity index (χ3v) is 2.18. The molecular formula is C9H10ClN5. The second kappa shape index (κ2) is 4.27. The summed E-state index contributed by atoms with van der Waals surface area (Å²) < 4.78 is 1.71. The first-order valence-electron chi connectivity index (χ1n) is 4.46. The summed E-state index contributed by atoms with van der Waals surface area (Å²) in [6.45, 7) is 0.622. The van der Waals surface area contributed by atoms with E-state index in [1.54, 1.807) is 16.9 Å². The van der Waals surface area contributed by atoms with Crippen LogP contribution in [0.5, 0.6) is 0 Å². The van der Waals surface area contributed by atoms with Crippen molar-refractivity contribution in [2.75, 3.05) is 5.32 Å². The van der Waals surface area contributed by atoms with Crippen molar-refractivity contribution in [2.24, 2.45) is 7.05 Å². The number of hydrogen-bond donors (Lipinski definition) is 1. The van der Waals surface area contributed by atoms with Gasteiger partial charge in [-0.1, -0.05) is 22.9 Å². The van der Waals surface area contributed by atoms with E-state index < -0.39 is 0 Å². The predicted molar refractivity (Wildman–Crippen MR) is 57.6 cm³/mol. The van der Waals surface area contributed by atoms with Crippen LogP contribution in [-0.4, -0.2) is 20.0 Å². The van der Waals surface area contributed by atoms with E-state index in [1.807, 2.05) is 19.2 Å². The number of nitrogens with zero attached hydrogens (tertiary/aromatic N) is 4. The molecule has 0 aliphatic heterocycles. The van der Waals surface area contributed by atoms with Crippen molar-refractivity contribution in [3.8, 4) is 0 Å². The van der Waals surface area contributed by atoms with Gasteiger partial charge in [0.05, 0.1) is 18.4 Å². The van der Waals surface area contributed by atoms with E-state index in [9.17, 15) is 0 Å². The van der Waals surface area contributed by atoms with Crippen molar-refractivity contribution >= 4 is 17.4 Å². The summed E-state index contributed by atoms with van der Waals surface area (Å²) in [4.78, 5) is 4.11. The number of aryl methyl sites for hydroxylation is 1. The fourth-order valence-electron chi connectivity index (χ4n) is 1.16. The van der Waals surface area contributed by atoms with Crippen LogP contribution in [0.25, 0.3) is 0 Å². The molecule has 2 heterocycles. The average molecular weight is 224 g/mol. The maximum Gasteiger partial charge on any atom is 0.131 e. The van der Waals surface area contributed by atoms with Gasteiger partial charge in [-0.2, -0.15) is 0 Å². The van der Waals surface area contributed by atoms with Gasteiger partial charge in [0.15, 0.2) is 0 Å². The lowest BCUT2D eigenvalue weighted by Crippen LogP contribution is -2.06. The predicted octanol–water partition coefficient (Wildman–Crippen LogP) is 1.48.